The summed E-state index contributed by atoms with van der Waals surface area (Å²) in [5.41, 5.74) is 1.30. The highest BCUT2D eigenvalue weighted by Crippen LogP contribution is 2.27. The number of aliphatic hydroxyl groups excluding tert-OH is 1. The van der Waals surface area contributed by atoms with E-state index in [0.29, 0.717) is 16.1 Å². The number of nitrogens with zero attached hydrogens (tertiary/aromatic N) is 2. The molecule has 2 aromatic rings. The fourth-order valence-electron chi connectivity index (χ4n) is 1.54. The van der Waals surface area contributed by atoms with Crippen molar-refractivity contribution in [2.45, 2.75) is 32.8 Å². The molecule has 0 saturated carbocycles. The monoisotopic (exact) mass is 264 g/mol. The minimum Gasteiger partial charge on any atom is -0.430 e. The highest BCUT2D eigenvalue weighted by atomic mass is 32.1. The van der Waals surface area contributed by atoms with Crippen LogP contribution in [0.15, 0.2) is 24.3 Å². The van der Waals surface area contributed by atoms with E-state index in [-0.39, 0.29) is 6.61 Å². The van der Waals surface area contributed by atoms with E-state index in [0.717, 1.165) is 12.2 Å². The Morgan fingerprint density at radius 2 is 2.00 bits per heavy atom. The fraction of sp³-hybridized carbons (Fsp3) is 0.385. The minimum absolute atomic E-state index is 0.103. The van der Waals surface area contributed by atoms with Crippen molar-refractivity contribution in [2.75, 3.05) is 0 Å². The predicted molar refractivity (Wildman–Crippen MR) is 71.1 cm³/mol. The van der Waals surface area contributed by atoms with Gasteiger partial charge in [0.2, 0.25) is 0 Å². The molecule has 0 bridgehead atoms. The summed E-state index contributed by atoms with van der Waals surface area (Å²) in [6.07, 6.45) is 1.12. The van der Waals surface area contributed by atoms with Gasteiger partial charge in [-0.2, -0.15) is 0 Å². The molecule has 96 valence electrons. The van der Waals surface area contributed by atoms with Crippen LogP contribution in [0.5, 0.6) is 10.9 Å². The zero-order valence-corrected chi connectivity index (χ0v) is 11.3. The molecule has 0 aliphatic heterocycles. The Kier molecular flexibility index (Phi) is 4.28. The molecule has 1 N–H and O–H groups in total. The van der Waals surface area contributed by atoms with E-state index in [9.17, 15) is 0 Å². The molecule has 0 saturated heterocycles. The summed E-state index contributed by atoms with van der Waals surface area (Å²) in [6, 6.07) is 8.00. The Morgan fingerprint density at radius 1 is 1.28 bits per heavy atom. The molecule has 1 atom stereocenters. The number of hydrogen-bond acceptors (Lipinski definition) is 5. The number of benzene rings is 1. The van der Waals surface area contributed by atoms with E-state index in [1.807, 2.05) is 12.1 Å². The number of ether oxygens (including phenoxy) is 1. The van der Waals surface area contributed by atoms with Crippen LogP contribution in [-0.2, 0) is 6.61 Å². The first-order chi connectivity index (χ1) is 8.72. The topological polar surface area (TPSA) is 55.2 Å². The average molecular weight is 264 g/mol. The molecule has 0 fully saturated rings. The molecule has 0 spiro atoms. The number of aromatic nitrogens is 2. The van der Waals surface area contributed by atoms with Crippen molar-refractivity contribution in [3.8, 4) is 10.9 Å². The van der Waals surface area contributed by atoms with Gasteiger partial charge in [0.05, 0.1) is 6.61 Å². The van der Waals surface area contributed by atoms with Gasteiger partial charge in [0.25, 0.3) is 5.19 Å². The molecule has 1 heterocycles. The van der Waals surface area contributed by atoms with Crippen LogP contribution >= 0.6 is 11.3 Å². The van der Waals surface area contributed by atoms with Crippen LogP contribution in [0.4, 0.5) is 0 Å². The van der Waals surface area contributed by atoms with Crippen LogP contribution in [0.25, 0.3) is 0 Å². The number of aliphatic hydroxyl groups is 1. The van der Waals surface area contributed by atoms with E-state index in [1.165, 1.54) is 16.9 Å². The van der Waals surface area contributed by atoms with Gasteiger partial charge in [-0.25, -0.2) is 0 Å². The van der Waals surface area contributed by atoms with Gasteiger partial charge in [0.1, 0.15) is 10.8 Å². The highest BCUT2D eigenvalue weighted by Gasteiger charge is 2.06. The summed E-state index contributed by atoms with van der Waals surface area (Å²) in [5.74, 6) is 1.30. The molecule has 0 aliphatic rings. The summed E-state index contributed by atoms with van der Waals surface area (Å²) in [5, 5.41) is 17.5. The second kappa shape index (κ2) is 5.93. The molecule has 0 aliphatic carbocycles. The lowest BCUT2D eigenvalue weighted by molar-refractivity contribution is 0.280. The molecule has 1 aromatic carbocycles. The van der Waals surface area contributed by atoms with Gasteiger partial charge in [0.15, 0.2) is 0 Å². The quantitative estimate of drug-likeness (QED) is 0.900. The van der Waals surface area contributed by atoms with Crippen molar-refractivity contribution in [3.63, 3.8) is 0 Å². The van der Waals surface area contributed by atoms with Crippen LogP contribution in [0, 0.1) is 0 Å². The van der Waals surface area contributed by atoms with Crippen LogP contribution in [-0.4, -0.2) is 15.3 Å². The maximum atomic E-state index is 8.89. The van der Waals surface area contributed by atoms with E-state index in [4.69, 9.17) is 9.84 Å². The summed E-state index contributed by atoms with van der Waals surface area (Å²) in [4.78, 5) is 0. The smallest absolute Gasteiger partial charge is 0.299 e. The van der Waals surface area contributed by atoms with Crippen molar-refractivity contribution in [1.82, 2.24) is 10.2 Å². The highest BCUT2D eigenvalue weighted by molar-refractivity contribution is 7.13. The summed E-state index contributed by atoms with van der Waals surface area (Å²) >= 11 is 1.25. The number of rotatable bonds is 5. The maximum Gasteiger partial charge on any atom is 0.299 e. The molecule has 0 amide bonds. The van der Waals surface area contributed by atoms with Gasteiger partial charge in [-0.15, -0.1) is 5.10 Å². The van der Waals surface area contributed by atoms with Gasteiger partial charge < -0.3 is 9.84 Å². The summed E-state index contributed by atoms with van der Waals surface area (Å²) < 4.78 is 5.56. The molecule has 1 aromatic heterocycles. The Hall–Kier alpha value is -1.46. The van der Waals surface area contributed by atoms with Crippen LogP contribution in [0.1, 0.15) is 36.8 Å². The van der Waals surface area contributed by atoms with Gasteiger partial charge in [-0.3, -0.25) is 0 Å². The maximum absolute atomic E-state index is 8.89. The van der Waals surface area contributed by atoms with Gasteiger partial charge in [0, 0.05) is 0 Å². The van der Waals surface area contributed by atoms with Crippen LogP contribution in [0.2, 0.25) is 0 Å². The third-order valence-electron chi connectivity index (χ3n) is 2.85. The second-order valence-electron chi connectivity index (χ2n) is 4.10. The van der Waals surface area contributed by atoms with E-state index in [1.54, 1.807) is 0 Å². The van der Waals surface area contributed by atoms with Crippen molar-refractivity contribution >= 4 is 11.3 Å². The normalized spacial score (nSPS) is 12.4. The molecular weight excluding hydrogens is 248 g/mol. The molecular formula is C13H16N2O2S. The summed E-state index contributed by atoms with van der Waals surface area (Å²) in [7, 11) is 0. The lowest BCUT2D eigenvalue weighted by Gasteiger charge is -2.09. The van der Waals surface area contributed by atoms with E-state index < -0.39 is 0 Å². The Morgan fingerprint density at radius 3 is 2.56 bits per heavy atom. The molecule has 1 unspecified atom stereocenters. The third-order valence-corrected chi connectivity index (χ3v) is 3.64. The lowest BCUT2D eigenvalue weighted by Crippen LogP contribution is -1.91. The summed E-state index contributed by atoms with van der Waals surface area (Å²) in [6.45, 7) is 4.27. The molecule has 4 nitrogen and oxygen atoms in total. The molecule has 2 rings (SSSR count). The zero-order valence-electron chi connectivity index (χ0n) is 10.5. The predicted octanol–water partition coefficient (Wildman–Crippen LogP) is 3.34. The largest absolute Gasteiger partial charge is 0.430 e. The Bertz CT molecular complexity index is 496. The SMILES string of the molecule is CCC(C)c1ccc(Oc2nnc(CO)s2)cc1. The first kappa shape index (κ1) is 13.0. The lowest BCUT2D eigenvalue weighted by atomic mass is 9.99. The third kappa shape index (κ3) is 3.05. The van der Waals surface area contributed by atoms with Crippen molar-refractivity contribution < 1.29 is 9.84 Å². The Balaban J connectivity index is 2.06. The van der Waals surface area contributed by atoms with Crippen LogP contribution < -0.4 is 4.74 Å². The first-order valence-electron chi connectivity index (χ1n) is 5.94. The second-order valence-corrected chi connectivity index (χ2v) is 5.12. The minimum atomic E-state index is -0.103. The van der Waals surface area contributed by atoms with Crippen LogP contribution in [0.3, 0.4) is 0 Å². The number of hydrogen-bond donors (Lipinski definition) is 1. The van der Waals surface area contributed by atoms with E-state index in [2.05, 4.69) is 36.2 Å². The molecule has 0 radical (unpaired) electrons. The van der Waals surface area contributed by atoms with Gasteiger partial charge in [-0.05, 0) is 30.0 Å². The van der Waals surface area contributed by atoms with Crippen molar-refractivity contribution in [1.29, 1.82) is 0 Å². The molecule has 18 heavy (non-hydrogen) atoms. The van der Waals surface area contributed by atoms with Crippen molar-refractivity contribution in [2.24, 2.45) is 0 Å². The average Bonchev–Trinajstić information content (AvgIpc) is 2.86. The standard InChI is InChI=1S/C13H16N2O2S/c1-3-9(2)10-4-6-11(7-5-10)17-13-15-14-12(8-16)18-13/h4-7,9,16H,3,8H2,1-2H3. The molecule has 5 heteroatoms. The fourth-order valence-corrected chi connectivity index (χ4v) is 2.11. The van der Waals surface area contributed by atoms with E-state index >= 15 is 0 Å². The van der Waals surface area contributed by atoms with Crippen molar-refractivity contribution in [3.05, 3.63) is 34.8 Å². The first-order valence-corrected chi connectivity index (χ1v) is 6.75. The Labute approximate surface area is 110 Å². The zero-order chi connectivity index (χ0) is 13.0. The van der Waals surface area contributed by atoms with Gasteiger partial charge >= 0.3 is 0 Å². The van der Waals surface area contributed by atoms with Gasteiger partial charge in [-0.1, -0.05) is 42.4 Å².